The number of para-hydroxylation sites is 1. The first-order valence-corrected chi connectivity index (χ1v) is 9.82. The Bertz CT molecular complexity index is 861. The number of thiocarbonyl (C=S) groups is 1. The lowest BCUT2D eigenvalue weighted by Gasteiger charge is -2.12. The van der Waals surface area contributed by atoms with Crippen molar-refractivity contribution in [3.8, 4) is 11.5 Å². The summed E-state index contributed by atoms with van der Waals surface area (Å²) in [7, 11) is 1.59. The molecule has 3 rings (SSSR count). The maximum absolute atomic E-state index is 12.1. The van der Waals surface area contributed by atoms with Gasteiger partial charge in [0.05, 0.1) is 13.2 Å². The number of anilines is 1. The van der Waals surface area contributed by atoms with Gasteiger partial charge < -0.3 is 19.5 Å². The lowest BCUT2D eigenvalue weighted by molar-refractivity contribution is -0.115. The van der Waals surface area contributed by atoms with Crippen molar-refractivity contribution in [3.05, 3.63) is 60.2 Å². The van der Waals surface area contributed by atoms with Gasteiger partial charge in [0, 0.05) is 23.9 Å². The van der Waals surface area contributed by atoms with Gasteiger partial charge in [-0.3, -0.25) is 10.1 Å². The Balaban J connectivity index is 1.45. The molecule has 1 fully saturated rings. The third-order valence-electron chi connectivity index (χ3n) is 4.36. The standard InChI is InChI=1S/C22H24N2O4S/c1-26-20-7-3-2-5-16(20)8-13-21(25)24-22(29)23-17-9-11-18(12-10-17)28-15-19-6-4-14-27-19/h2-3,5,7-13,19H,4,6,14-15H2,1H3,(H2,23,24,25,29)/b13-8+/t19-/m1/s1. The van der Waals surface area contributed by atoms with Crippen molar-refractivity contribution in [3.63, 3.8) is 0 Å². The second-order valence-corrected chi connectivity index (χ2v) is 6.90. The van der Waals surface area contributed by atoms with E-state index in [1.165, 1.54) is 6.08 Å². The molecule has 29 heavy (non-hydrogen) atoms. The molecular formula is C22H24N2O4S. The topological polar surface area (TPSA) is 68.8 Å². The molecule has 2 aromatic carbocycles. The van der Waals surface area contributed by atoms with Crippen LogP contribution in [0.3, 0.4) is 0 Å². The average molecular weight is 413 g/mol. The molecule has 0 aromatic heterocycles. The van der Waals surface area contributed by atoms with E-state index in [9.17, 15) is 4.79 Å². The van der Waals surface area contributed by atoms with E-state index in [0.717, 1.165) is 36.4 Å². The summed E-state index contributed by atoms with van der Waals surface area (Å²) >= 11 is 5.20. The van der Waals surface area contributed by atoms with Crippen LogP contribution in [0.2, 0.25) is 0 Å². The number of benzene rings is 2. The van der Waals surface area contributed by atoms with Gasteiger partial charge in [0.2, 0.25) is 5.91 Å². The minimum absolute atomic E-state index is 0.180. The highest BCUT2D eigenvalue weighted by atomic mass is 32.1. The summed E-state index contributed by atoms with van der Waals surface area (Å²) in [5, 5.41) is 5.81. The Morgan fingerprint density at radius 2 is 2.03 bits per heavy atom. The highest BCUT2D eigenvalue weighted by molar-refractivity contribution is 7.80. The molecule has 0 saturated carbocycles. The van der Waals surface area contributed by atoms with Gasteiger partial charge in [-0.05, 0) is 61.5 Å². The predicted molar refractivity (Wildman–Crippen MR) is 117 cm³/mol. The summed E-state index contributed by atoms with van der Waals surface area (Å²) in [6, 6.07) is 14.8. The van der Waals surface area contributed by atoms with Gasteiger partial charge in [0.1, 0.15) is 18.1 Å². The zero-order chi connectivity index (χ0) is 20.5. The number of ether oxygens (including phenoxy) is 3. The van der Waals surface area contributed by atoms with Crippen molar-refractivity contribution in [1.29, 1.82) is 0 Å². The minimum atomic E-state index is -0.329. The quantitative estimate of drug-likeness (QED) is 0.533. The lowest BCUT2D eigenvalue weighted by atomic mass is 10.2. The Kier molecular flexibility index (Phi) is 7.61. The lowest BCUT2D eigenvalue weighted by Crippen LogP contribution is -2.32. The highest BCUT2D eigenvalue weighted by Gasteiger charge is 2.15. The van der Waals surface area contributed by atoms with Crippen LogP contribution in [0.4, 0.5) is 5.69 Å². The van der Waals surface area contributed by atoms with Crippen molar-refractivity contribution in [2.45, 2.75) is 18.9 Å². The van der Waals surface area contributed by atoms with E-state index < -0.39 is 0 Å². The first-order chi connectivity index (χ1) is 14.1. The number of carbonyl (C=O) groups is 1. The normalized spacial score (nSPS) is 15.8. The van der Waals surface area contributed by atoms with Crippen molar-refractivity contribution in [1.82, 2.24) is 5.32 Å². The van der Waals surface area contributed by atoms with Crippen LogP contribution in [0.5, 0.6) is 11.5 Å². The summed E-state index contributed by atoms with van der Waals surface area (Å²) in [5.74, 6) is 1.13. The third kappa shape index (κ3) is 6.58. The Morgan fingerprint density at radius 1 is 1.24 bits per heavy atom. The molecule has 0 bridgehead atoms. The van der Waals surface area contributed by atoms with Crippen LogP contribution in [0.1, 0.15) is 18.4 Å². The molecule has 1 saturated heterocycles. The summed E-state index contributed by atoms with van der Waals surface area (Å²) < 4.78 is 16.5. The summed E-state index contributed by atoms with van der Waals surface area (Å²) in [6.07, 6.45) is 5.40. The average Bonchev–Trinajstić information content (AvgIpc) is 3.25. The van der Waals surface area contributed by atoms with E-state index in [2.05, 4.69) is 10.6 Å². The van der Waals surface area contributed by atoms with Crippen LogP contribution >= 0.6 is 12.2 Å². The van der Waals surface area contributed by atoms with Gasteiger partial charge >= 0.3 is 0 Å². The molecule has 0 radical (unpaired) electrons. The SMILES string of the molecule is COc1ccccc1/C=C/C(=O)NC(=S)Nc1ccc(OC[C@H]2CCCO2)cc1. The molecule has 1 aliphatic rings. The molecule has 0 unspecified atom stereocenters. The highest BCUT2D eigenvalue weighted by Crippen LogP contribution is 2.19. The molecule has 0 spiro atoms. The molecule has 1 amide bonds. The molecule has 0 aliphatic carbocycles. The number of methoxy groups -OCH3 is 1. The summed E-state index contributed by atoms with van der Waals surface area (Å²) in [6.45, 7) is 1.37. The molecule has 6 nitrogen and oxygen atoms in total. The molecule has 1 aliphatic heterocycles. The molecule has 7 heteroatoms. The fraction of sp³-hybridized carbons (Fsp3) is 0.273. The van der Waals surface area contributed by atoms with Crippen molar-refractivity contribution < 1.29 is 19.0 Å². The van der Waals surface area contributed by atoms with Crippen LogP contribution in [-0.2, 0) is 9.53 Å². The minimum Gasteiger partial charge on any atom is -0.496 e. The Hall–Kier alpha value is -2.90. The molecule has 2 aromatic rings. The number of rotatable bonds is 7. The van der Waals surface area contributed by atoms with Crippen molar-refractivity contribution >= 4 is 35.0 Å². The van der Waals surface area contributed by atoms with E-state index in [-0.39, 0.29) is 17.1 Å². The van der Waals surface area contributed by atoms with Gasteiger partial charge in [0.15, 0.2) is 5.11 Å². The van der Waals surface area contributed by atoms with Crippen LogP contribution in [-0.4, -0.2) is 37.4 Å². The number of amides is 1. The number of hydrogen-bond donors (Lipinski definition) is 2. The predicted octanol–water partition coefficient (Wildman–Crippen LogP) is 3.78. The number of nitrogens with one attached hydrogen (secondary N) is 2. The smallest absolute Gasteiger partial charge is 0.250 e. The summed E-state index contributed by atoms with van der Waals surface area (Å²) in [4.78, 5) is 12.1. The number of carbonyl (C=O) groups excluding carboxylic acids is 1. The second-order valence-electron chi connectivity index (χ2n) is 6.49. The largest absolute Gasteiger partial charge is 0.496 e. The van der Waals surface area contributed by atoms with E-state index in [4.69, 9.17) is 26.4 Å². The van der Waals surface area contributed by atoms with E-state index in [1.807, 2.05) is 48.5 Å². The maximum Gasteiger partial charge on any atom is 0.250 e. The molecule has 152 valence electrons. The van der Waals surface area contributed by atoms with Gasteiger partial charge in [-0.1, -0.05) is 18.2 Å². The second kappa shape index (κ2) is 10.6. The summed E-state index contributed by atoms with van der Waals surface area (Å²) in [5.41, 5.74) is 1.57. The van der Waals surface area contributed by atoms with E-state index >= 15 is 0 Å². The van der Waals surface area contributed by atoms with Crippen LogP contribution < -0.4 is 20.1 Å². The Morgan fingerprint density at radius 3 is 2.76 bits per heavy atom. The number of hydrogen-bond acceptors (Lipinski definition) is 5. The monoisotopic (exact) mass is 412 g/mol. The maximum atomic E-state index is 12.1. The van der Waals surface area contributed by atoms with Crippen molar-refractivity contribution in [2.24, 2.45) is 0 Å². The molecule has 2 N–H and O–H groups in total. The zero-order valence-electron chi connectivity index (χ0n) is 16.2. The van der Waals surface area contributed by atoms with Crippen LogP contribution in [0, 0.1) is 0 Å². The van der Waals surface area contributed by atoms with Crippen LogP contribution in [0.25, 0.3) is 6.08 Å². The molecule has 1 heterocycles. The first kappa shape index (κ1) is 20.8. The third-order valence-corrected chi connectivity index (χ3v) is 4.57. The fourth-order valence-corrected chi connectivity index (χ4v) is 3.10. The zero-order valence-corrected chi connectivity index (χ0v) is 17.0. The van der Waals surface area contributed by atoms with E-state index in [1.54, 1.807) is 13.2 Å². The Labute approximate surface area is 175 Å². The van der Waals surface area contributed by atoms with E-state index in [0.29, 0.717) is 12.4 Å². The first-order valence-electron chi connectivity index (χ1n) is 9.41. The fourth-order valence-electron chi connectivity index (χ4n) is 2.88. The van der Waals surface area contributed by atoms with Gasteiger partial charge in [0.25, 0.3) is 0 Å². The van der Waals surface area contributed by atoms with Gasteiger partial charge in [-0.25, -0.2) is 0 Å². The molecular weight excluding hydrogens is 388 g/mol. The van der Waals surface area contributed by atoms with Crippen molar-refractivity contribution in [2.75, 3.05) is 25.6 Å². The van der Waals surface area contributed by atoms with Gasteiger partial charge in [-0.2, -0.15) is 0 Å². The molecule has 1 atom stereocenters. The van der Waals surface area contributed by atoms with Gasteiger partial charge in [-0.15, -0.1) is 0 Å². The van der Waals surface area contributed by atoms with Crippen LogP contribution in [0.15, 0.2) is 54.6 Å².